The van der Waals surface area contributed by atoms with Crippen LogP contribution in [-0.4, -0.2) is 81.2 Å². The molecule has 2 aliphatic rings. The van der Waals surface area contributed by atoms with Crippen LogP contribution in [0.4, 0.5) is 5.69 Å². The number of benzene rings is 1. The van der Waals surface area contributed by atoms with E-state index in [1.54, 1.807) is 13.0 Å². The Bertz CT molecular complexity index is 1090. The number of amides is 1. The number of halogens is 1. The van der Waals surface area contributed by atoms with Gasteiger partial charge in [0.05, 0.1) is 19.8 Å². The average Bonchev–Trinajstić information content (AvgIpc) is 3.25. The second-order valence-electron chi connectivity index (χ2n) is 11.9. The third-order valence-corrected chi connectivity index (χ3v) is 8.53. The largest absolute Gasteiger partial charge is 0.379 e. The number of ketones is 2. The van der Waals surface area contributed by atoms with Crippen molar-refractivity contribution in [2.45, 2.75) is 77.6 Å². The minimum Gasteiger partial charge on any atom is -0.379 e. The number of ether oxygens (including phenoxy) is 2. The lowest BCUT2D eigenvalue weighted by molar-refractivity contribution is -0.129. The number of hydrogen-bond acceptors (Lipinski definition) is 7. The second kappa shape index (κ2) is 19.0. The summed E-state index contributed by atoms with van der Waals surface area (Å²) in [5.41, 5.74) is 2.32. The van der Waals surface area contributed by atoms with Crippen LogP contribution in [0.5, 0.6) is 0 Å². The molecule has 3 rings (SSSR count). The van der Waals surface area contributed by atoms with Gasteiger partial charge in [-0.3, -0.25) is 19.3 Å². The number of alkyl halides is 1. The van der Waals surface area contributed by atoms with Crippen molar-refractivity contribution < 1.29 is 23.9 Å². The van der Waals surface area contributed by atoms with Crippen molar-refractivity contribution in [3.8, 4) is 0 Å². The molecule has 9 heteroatoms. The van der Waals surface area contributed by atoms with Crippen LogP contribution in [0.1, 0.15) is 83.1 Å². The second-order valence-corrected chi connectivity index (χ2v) is 12.3. The zero-order chi connectivity index (χ0) is 31.0. The molecule has 1 amide bonds. The SMILES string of the molecule is CC1=N/C(=C\c2ccc(N(C)C)cc2)C(=O)N1CC(=O)CC1CCC(C(=O)CCCOCCOCCCCCCCl)CC1. The van der Waals surface area contributed by atoms with Gasteiger partial charge in [-0.05, 0) is 81.6 Å². The Morgan fingerprint density at radius 1 is 0.953 bits per heavy atom. The van der Waals surface area contributed by atoms with Gasteiger partial charge in [0.2, 0.25) is 0 Å². The Morgan fingerprint density at radius 3 is 2.26 bits per heavy atom. The van der Waals surface area contributed by atoms with Gasteiger partial charge in [0.15, 0.2) is 5.78 Å². The number of carbonyl (C=O) groups is 3. The van der Waals surface area contributed by atoms with Crippen LogP contribution in [0.25, 0.3) is 6.08 Å². The monoisotopic (exact) mass is 615 g/mol. The predicted octanol–water partition coefficient (Wildman–Crippen LogP) is 6.30. The molecule has 1 fully saturated rings. The highest BCUT2D eigenvalue weighted by atomic mass is 35.5. The molecule has 1 aromatic carbocycles. The van der Waals surface area contributed by atoms with E-state index in [1.165, 1.54) is 4.90 Å². The van der Waals surface area contributed by atoms with Crippen LogP contribution in [0.15, 0.2) is 35.0 Å². The fraction of sp³-hybridized carbons (Fsp3) is 0.647. The fourth-order valence-electron chi connectivity index (χ4n) is 5.65. The highest BCUT2D eigenvalue weighted by Gasteiger charge is 2.31. The van der Waals surface area contributed by atoms with Gasteiger partial charge in [-0.2, -0.15) is 0 Å². The predicted molar refractivity (Wildman–Crippen MR) is 174 cm³/mol. The molecule has 1 saturated carbocycles. The number of hydrogen-bond donors (Lipinski definition) is 0. The molecular weight excluding hydrogens is 566 g/mol. The van der Waals surface area contributed by atoms with E-state index in [4.69, 9.17) is 21.1 Å². The van der Waals surface area contributed by atoms with Gasteiger partial charge in [0.25, 0.3) is 5.91 Å². The molecule has 1 heterocycles. The molecule has 0 aromatic heterocycles. The molecular formula is C34H50ClN3O5. The van der Waals surface area contributed by atoms with Crippen LogP contribution in [0, 0.1) is 11.8 Å². The van der Waals surface area contributed by atoms with Crippen molar-refractivity contribution in [2.24, 2.45) is 16.8 Å². The van der Waals surface area contributed by atoms with E-state index in [9.17, 15) is 14.4 Å². The van der Waals surface area contributed by atoms with Crippen LogP contribution >= 0.6 is 11.6 Å². The van der Waals surface area contributed by atoms with Crippen LogP contribution < -0.4 is 4.90 Å². The number of nitrogens with zero attached hydrogens (tertiary/aromatic N) is 3. The number of carbonyl (C=O) groups excluding carboxylic acids is 3. The van der Waals surface area contributed by atoms with E-state index in [2.05, 4.69) is 4.99 Å². The van der Waals surface area contributed by atoms with Crippen molar-refractivity contribution in [1.29, 1.82) is 0 Å². The minimum atomic E-state index is -0.234. The number of Topliss-reactive ketones (excluding diaryl/α,β-unsaturated/α-hetero) is 2. The van der Waals surface area contributed by atoms with E-state index >= 15 is 0 Å². The quantitative estimate of drug-likeness (QED) is 0.0971. The van der Waals surface area contributed by atoms with E-state index in [-0.39, 0.29) is 30.1 Å². The Morgan fingerprint density at radius 2 is 1.60 bits per heavy atom. The molecule has 238 valence electrons. The summed E-state index contributed by atoms with van der Waals surface area (Å²) in [5, 5.41) is 0. The van der Waals surface area contributed by atoms with Crippen molar-refractivity contribution in [3.63, 3.8) is 0 Å². The Hall–Kier alpha value is -2.55. The lowest BCUT2D eigenvalue weighted by atomic mass is 9.77. The maximum Gasteiger partial charge on any atom is 0.278 e. The molecule has 0 unspecified atom stereocenters. The summed E-state index contributed by atoms with van der Waals surface area (Å²) in [4.78, 5) is 46.5. The molecule has 0 N–H and O–H groups in total. The molecule has 1 aliphatic carbocycles. The van der Waals surface area contributed by atoms with E-state index in [0.717, 1.165) is 81.5 Å². The van der Waals surface area contributed by atoms with Gasteiger partial charge in [0, 0.05) is 57.6 Å². The third kappa shape index (κ3) is 12.2. The Labute approximate surface area is 262 Å². The molecule has 0 atom stereocenters. The number of anilines is 1. The molecule has 1 aliphatic heterocycles. The van der Waals surface area contributed by atoms with Crippen molar-refractivity contribution in [1.82, 2.24) is 4.90 Å². The van der Waals surface area contributed by atoms with Gasteiger partial charge in [-0.15, -0.1) is 11.6 Å². The summed E-state index contributed by atoms with van der Waals surface area (Å²) in [6.45, 7) is 4.30. The standard InChI is InChI=1S/C34H50ClN3O5/c1-26-36-32(24-28-12-16-30(17-13-28)37(2)3)34(41)38(26)25-31(39)23-27-10-14-29(15-11-27)33(40)9-8-20-43-22-21-42-19-7-5-4-6-18-35/h12-13,16-17,24,27,29H,4-11,14-15,18-23,25H2,1-3H3/b32-24-. The van der Waals surface area contributed by atoms with E-state index in [0.29, 0.717) is 50.0 Å². The molecule has 0 bridgehead atoms. The van der Waals surface area contributed by atoms with Crippen molar-refractivity contribution in [2.75, 3.05) is 57.8 Å². The molecule has 0 spiro atoms. The highest BCUT2D eigenvalue weighted by molar-refractivity contribution is 6.17. The van der Waals surface area contributed by atoms with Crippen molar-refractivity contribution in [3.05, 3.63) is 35.5 Å². The number of unbranched alkanes of at least 4 members (excludes halogenated alkanes) is 3. The lowest BCUT2D eigenvalue weighted by Gasteiger charge is -2.27. The van der Waals surface area contributed by atoms with Gasteiger partial charge < -0.3 is 14.4 Å². The molecule has 0 saturated heterocycles. The zero-order valence-corrected chi connectivity index (χ0v) is 27.1. The maximum absolute atomic E-state index is 13.0. The highest BCUT2D eigenvalue weighted by Crippen LogP contribution is 2.32. The molecule has 43 heavy (non-hydrogen) atoms. The average molecular weight is 616 g/mol. The maximum atomic E-state index is 13.0. The van der Waals surface area contributed by atoms with E-state index in [1.807, 2.05) is 43.3 Å². The summed E-state index contributed by atoms with van der Waals surface area (Å²) < 4.78 is 11.2. The van der Waals surface area contributed by atoms with Crippen molar-refractivity contribution >= 4 is 46.7 Å². The van der Waals surface area contributed by atoms with Crippen LogP contribution in [0.2, 0.25) is 0 Å². The topological polar surface area (TPSA) is 88.5 Å². The normalized spacial score (nSPS) is 19.6. The minimum absolute atomic E-state index is 0.0433. The molecule has 0 radical (unpaired) electrons. The first-order chi connectivity index (χ1) is 20.8. The first-order valence-electron chi connectivity index (χ1n) is 15.9. The Kier molecular flexibility index (Phi) is 15.4. The first kappa shape index (κ1) is 34.9. The smallest absolute Gasteiger partial charge is 0.278 e. The van der Waals surface area contributed by atoms with Gasteiger partial charge >= 0.3 is 0 Å². The Balaban J connectivity index is 1.28. The lowest BCUT2D eigenvalue weighted by Crippen LogP contribution is -2.36. The summed E-state index contributed by atoms with van der Waals surface area (Å²) in [5.74, 6) is 1.75. The number of aliphatic imine (C=N–C) groups is 1. The summed E-state index contributed by atoms with van der Waals surface area (Å²) in [7, 11) is 3.96. The summed E-state index contributed by atoms with van der Waals surface area (Å²) in [6, 6.07) is 7.89. The first-order valence-corrected chi connectivity index (χ1v) is 16.4. The van der Waals surface area contributed by atoms with E-state index < -0.39 is 0 Å². The van der Waals surface area contributed by atoms with Gasteiger partial charge in [0.1, 0.15) is 17.3 Å². The fourth-order valence-corrected chi connectivity index (χ4v) is 5.84. The van der Waals surface area contributed by atoms with Crippen LogP contribution in [-0.2, 0) is 23.9 Å². The van der Waals surface area contributed by atoms with Gasteiger partial charge in [-0.25, -0.2) is 4.99 Å². The number of amidine groups is 1. The van der Waals surface area contributed by atoms with Crippen LogP contribution in [0.3, 0.4) is 0 Å². The molecule has 1 aromatic rings. The summed E-state index contributed by atoms with van der Waals surface area (Å²) >= 11 is 5.67. The third-order valence-electron chi connectivity index (χ3n) is 8.26. The van der Waals surface area contributed by atoms with Gasteiger partial charge in [-0.1, -0.05) is 25.0 Å². The molecule has 8 nitrogen and oxygen atoms in total. The number of rotatable bonds is 20. The summed E-state index contributed by atoms with van der Waals surface area (Å²) in [6.07, 6.45) is 11.3. The zero-order valence-electron chi connectivity index (χ0n) is 26.3.